The van der Waals surface area contributed by atoms with E-state index < -0.39 is 0 Å². The third kappa shape index (κ3) is 1.75. The van der Waals surface area contributed by atoms with Crippen molar-refractivity contribution in [2.24, 2.45) is 0 Å². The van der Waals surface area contributed by atoms with Crippen molar-refractivity contribution in [3.63, 3.8) is 0 Å². The number of anilines is 1. The van der Waals surface area contributed by atoms with Crippen LogP contribution in [0.1, 0.15) is 23.6 Å². The van der Waals surface area contributed by atoms with Gasteiger partial charge in [0.25, 0.3) is 0 Å². The molecule has 1 aromatic carbocycles. The number of aryl methyl sites for hydroxylation is 3. The van der Waals surface area contributed by atoms with Crippen LogP contribution in [0.5, 0.6) is 0 Å². The molecule has 0 aliphatic heterocycles. The Balaban J connectivity index is 2.78. The molecule has 0 amide bonds. The lowest BCUT2D eigenvalue weighted by Crippen LogP contribution is -1.99. The van der Waals surface area contributed by atoms with Crippen LogP contribution in [-0.2, 0) is 6.42 Å². The summed E-state index contributed by atoms with van der Waals surface area (Å²) in [5, 5.41) is 4.41. The van der Waals surface area contributed by atoms with Gasteiger partial charge in [0.15, 0.2) is 0 Å². The normalized spacial score (nSPS) is 10.8. The molecule has 16 heavy (non-hydrogen) atoms. The zero-order chi connectivity index (χ0) is 11.7. The van der Waals surface area contributed by atoms with Gasteiger partial charge in [0, 0.05) is 12.4 Å². The fourth-order valence-corrected chi connectivity index (χ4v) is 2.18. The SMILES string of the molecule is CCc1cc2cc(C)cc(C)c2nc1NC. The summed E-state index contributed by atoms with van der Waals surface area (Å²) in [5.74, 6) is 1.00. The molecule has 0 saturated heterocycles. The first kappa shape index (κ1) is 10.9. The number of benzene rings is 1. The van der Waals surface area contributed by atoms with Crippen LogP contribution in [-0.4, -0.2) is 12.0 Å². The number of nitrogens with one attached hydrogen (secondary N) is 1. The highest BCUT2D eigenvalue weighted by Crippen LogP contribution is 2.24. The van der Waals surface area contributed by atoms with Crippen molar-refractivity contribution in [1.82, 2.24) is 4.98 Å². The quantitative estimate of drug-likeness (QED) is 0.828. The predicted molar refractivity (Wildman–Crippen MR) is 70.1 cm³/mol. The predicted octanol–water partition coefficient (Wildman–Crippen LogP) is 3.46. The third-order valence-corrected chi connectivity index (χ3v) is 2.95. The molecule has 0 unspecified atom stereocenters. The van der Waals surface area contributed by atoms with E-state index in [1.807, 2.05) is 7.05 Å². The second-order valence-corrected chi connectivity index (χ2v) is 4.25. The summed E-state index contributed by atoms with van der Waals surface area (Å²) < 4.78 is 0. The average molecular weight is 214 g/mol. The van der Waals surface area contributed by atoms with Gasteiger partial charge in [-0.15, -0.1) is 0 Å². The summed E-state index contributed by atoms with van der Waals surface area (Å²) in [6.45, 7) is 6.41. The molecule has 2 heteroatoms. The highest BCUT2D eigenvalue weighted by Gasteiger charge is 2.06. The molecule has 84 valence electrons. The van der Waals surface area contributed by atoms with Crippen LogP contribution in [0, 0.1) is 13.8 Å². The molecule has 0 bridgehead atoms. The second-order valence-electron chi connectivity index (χ2n) is 4.25. The van der Waals surface area contributed by atoms with Crippen molar-refractivity contribution >= 4 is 16.7 Å². The molecule has 0 aliphatic carbocycles. The van der Waals surface area contributed by atoms with E-state index in [9.17, 15) is 0 Å². The van der Waals surface area contributed by atoms with E-state index >= 15 is 0 Å². The number of hydrogen-bond donors (Lipinski definition) is 1. The van der Waals surface area contributed by atoms with E-state index in [2.05, 4.69) is 44.3 Å². The lowest BCUT2D eigenvalue weighted by atomic mass is 10.0. The van der Waals surface area contributed by atoms with Gasteiger partial charge in [0.1, 0.15) is 5.82 Å². The fraction of sp³-hybridized carbons (Fsp3) is 0.357. The summed E-state index contributed by atoms with van der Waals surface area (Å²) in [5.41, 5.74) is 4.92. The summed E-state index contributed by atoms with van der Waals surface area (Å²) in [7, 11) is 1.93. The number of pyridine rings is 1. The van der Waals surface area contributed by atoms with Gasteiger partial charge in [0.2, 0.25) is 0 Å². The van der Waals surface area contributed by atoms with Crippen molar-refractivity contribution < 1.29 is 0 Å². The van der Waals surface area contributed by atoms with E-state index in [-0.39, 0.29) is 0 Å². The van der Waals surface area contributed by atoms with Crippen LogP contribution >= 0.6 is 0 Å². The van der Waals surface area contributed by atoms with Crippen LogP contribution in [0.15, 0.2) is 18.2 Å². The van der Waals surface area contributed by atoms with Gasteiger partial charge in [-0.05, 0) is 43.5 Å². The molecule has 0 atom stereocenters. The summed E-state index contributed by atoms with van der Waals surface area (Å²) in [4.78, 5) is 4.69. The van der Waals surface area contributed by atoms with E-state index in [1.54, 1.807) is 0 Å². The van der Waals surface area contributed by atoms with Crippen molar-refractivity contribution in [3.05, 3.63) is 34.9 Å². The number of aromatic nitrogens is 1. The van der Waals surface area contributed by atoms with Crippen molar-refractivity contribution in [2.45, 2.75) is 27.2 Å². The minimum absolute atomic E-state index is 1.00. The van der Waals surface area contributed by atoms with Gasteiger partial charge >= 0.3 is 0 Å². The molecule has 1 heterocycles. The number of hydrogen-bond acceptors (Lipinski definition) is 2. The monoisotopic (exact) mass is 214 g/mol. The molecule has 0 radical (unpaired) electrons. The number of rotatable bonds is 2. The Morgan fingerprint density at radius 3 is 2.56 bits per heavy atom. The second kappa shape index (κ2) is 4.12. The number of nitrogens with zero attached hydrogens (tertiary/aromatic N) is 1. The molecule has 2 aromatic rings. The minimum Gasteiger partial charge on any atom is -0.373 e. The molecule has 2 nitrogen and oxygen atoms in total. The van der Waals surface area contributed by atoms with Crippen molar-refractivity contribution in [3.8, 4) is 0 Å². The van der Waals surface area contributed by atoms with Crippen LogP contribution < -0.4 is 5.32 Å². The molecule has 1 N–H and O–H groups in total. The Bertz CT molecular complexity index is 530. The minimum atomic E-state index is 1.00. The number of fused-ring (bicyclic) bond motifs is 1. The Labute approximate surface area is 96.7 Å². The van der Waals surface area contributed by atoms with E-state index in [0.717, 1.165) is 17.8 Å². The first-order valence-corrected chi connectivity index (χ1v) is 5.74. The van der Waals surface area contributed by atoms with Crippen LogP contribution in [0.4, 0.5) is 5.82 Å². The topological polar surface area (TPSA) is 24.9 Å². The first-order chi connectivity index (χ1) is 7.65. The Morgan fingerprint density at radius 1 is 1.19 bits per heavy atom. The maximum atomic E-state index is 4.69. The highest BCUT2D eigenvalue weighted by atomic mass is 15.0. The van der Waals surface area contributed by atoms with Crippen LogP contribution in [0.3, 0.4) is 0 Å². The van der Waals surface area contributed by atoms with Gasteiger partial charge in [0.05, 0.1) is 5.52 Å². The summed E-state index contributed by atoms with van der Waals surface area (Å²) >= 11 is 0. The molecule has 0 aliphatic rings. The molecular weight excluding hydrogens is 196 g/mol. The first-order valence-electron chi connectivity index (χ1n) is 5.74. The van der Waals surface area contributed by atoms with E-state index in [0.29, 0.717) is 0 Å². The fourth-order valence-electron chi connectivity index (χ4n) is 2.18. The lowest BCUT2D eigenvalue weighted by Gasteiger charge is -2.10. The highest BCUT2D eigenvalue weighted by molar-refractivity contribution is 5.85. The molecule has 0 spiro atoms. The Kier molecular flexibility index (Phi) is 2.82. The molecule has 2 rings (SSSR count). The van der Waals surface area contributed by atoms with Gasteiger partial charge in [-0.2, -0.15) is 0 Å². The molecular formula is C14H18N2. The zero-order valence-electron chi connectivity index (χ0n) is 10.4. The average Bonchev–Trinajstić information content (AvgIpc) is 2.27. The van der Waals surface area contributed by atoms with Gasteiger partial charge in [-0.25, -0.2) is 4.98 Å². The Morgan fingerprint density at radius 2 is 1.94 bits per heavy atom. The molecule has 1 aromatic heterocycles. The van der Waals surface area contributed by atoms with E-state index in [4.69, 9.17) is 4.98 Å². The van der Waals surface area contributed by atoms with Gasteiger partial charge in [-0.3, -0.25) is 0 Å². The largest absolute Gasteiger partial charge is 0.373 e. The smallest absolute Gasteiger partial charge is 0.129 e. The van der Waals surface area contributed by atoms with E-state index in [1.165, 1.54) is 22.1 Å². The summed E-state index contributed by atoms with van der Waals surface area (Å²) in [6.07, 6.45) is 1.01. The third-order valence-electron chi connectivity index (χ3n) is 2.95. The molecule has 0 saturated carbocycles. The lowest BCUT2D eigenvalue weighted by molar-refractivity contribution is 1.11. The van der Waals surface area contributed by atoms with Crippen molar-refractivity contribution in [1.29, 1.82) is 0 Å². The Hall–Kier alpha value is -1.57. The van der Waals surface area contributed by atoms with Gasteiger partial charge in [-0.1, -0.05) is 18.6 Å². The maximum absolute atomic E-state index is 4.69. The maximum Gasteiger partial charge on any atom is 0.129 e. The zero-order valence-corrected chi connectivity index (χ0v) is 10.4. The summed E-state index contributed by atoms with van der Waals surface area (Å²) in [6, 6.07) is 6.63. The standard InChI is InChI=1S/C14H18N2/c1-5-11-8-12-7-9(2)6-10(3)13(12)16-14(11)15-4/h6-8H,5H2,1-4H3,(H,15,16). The van der Waals surface area contributed by atoms with Gasteiger partial charge < -0.3 is 5.32 Å². The van der Waals surface area contributed by atoms with Crippen LogP contribution in [0.2, 0.25) is 0 Å². The van der Waals surface area contributed by atoms with Crippen LogP contribution in [0.25, 0.3) is 10.9 Å². The molecule has 0 fully saturated rings. The van der Waals surface area contributed by atoms with Crippen molar-refractivity contribution in [2.75, 3.05) is 12.4 Å².